The van der Waals surface area contributed by atoms with Gasteiger partial charge in [0.15, 0.2) is 11.5 Å². The van der Waals surface area contributed by atoms with Crippen LogP contribution in [0, 0.1) is 17.0 Å². The number of carbonyl (C=O) groups excluding carboxylic acids is 1. The minimum absolute atomic E-state index is 0.0858. The largest absolute Gasteiger partial charge is 0.493 e. The van der Waals surface area contributed by atoms with Gasteiger partial charge in [-0.2, -0.15) is 0 Å². The molecule has 0 spiro atoms. The third kappa shape index (κ3) is 3.22. The predicted octanol–water partition coefficient (Wildman–Crippen LogP) is 3.17. The predicted molar refractivity (Wildman–Crippen MR) is 86.8 cm³/mol. The molecule has 0 radical (unpaired) electrons. The highest BCUT2D eigenvalue weighted by Gasteiger charge is 2.26. The summed E-state index contributed by atoms with van der Waals surface area (Å²) in [5, 5.41) is 12.3. The Bertz CT molecular complexity index is 803. The first-order valence-electron chi connectivity index (χ1n) is 7.43. The van der Waals surface area contributed by atoms with Crippen LogP contribution in [-0.2, 0) is 4.79 Å². The van der Waals surface area contributed by atoms with Crippen LogP contribution in [0.3, 0.4) is 0 Å². The minimum atomic E-state index is -0.618. The van der Waals surface area contributed by atoms with Gasteiger partial charge in [-0.05, 0) is 26.0 Å². The molecule has 8 nitrogen and oxygen atoms in total. The van der Waals surface area contributed by atoms with Crippen LogP contribution in [-0.4, -0.2) is 29.6 Å². The molecule has 1 aromatic carbocycles. The standard InChI is InChI=1S/C16H18N2O6/c1-5-14(19)24-16-15(18(20)21)11-8-12(22-4)13(23-6-2)7-10(11)9(3)17-16/h7-8H,5-6H2,1-4H3. The van der Waals surface area contributed by atoms with Crippen molar-refractivity contribution in [2.75, 3.05) is 13.7 Å². The number of benzene rings is 1. The minimum Gasteiger partial charge on any atom is -0.493 e. The van der Waals surface area contributed by atoms with Crippen LogP contribution in [0.25, 0.3) is 10.8 Å². The van der Waals surface area contributed by atoms with E-state index in [0.717, 1.165) is 0 Å². The Hall–Kier alpha value is -2.90. The first-order valence-corrected chi connectivity index (χ1v) is 7.43. The lowest BCUT2D eigenvalue weighted by Gasteiger charge is -2.13. The maximum atomic E-state index is 11.5. The van der Waals surface area contributed by atoms with Gasteiger partial charge in [0, 0.05) is 17.5 Å². The van der Waals surface area contributed by atoms with Gasteiger partial charge in [-0.25, -0.2) is 4.98 Å². The number of esters is 1. The van der Waals surface area contributed by atoms with E-state index in [4.69, 9.17) is 14.2 Å². The molecule has 0 bridgehead atoms. The van der Waals surface area contributed by atoms with Gasteiger partial charge in [0.05, 0.1) is 24.0 Å². The maximum Gasteiger partial charge on any atom is 0.339 e. The van der Waals surface area contributed by atoms with E-state index in [1.165, 1.54) is 13.2 Å². The fraction of sp³-hybridized carbons (Fsp3) is 0.375. The summed E-state index contributed by atoms with van der Waals surface area (Å²) in [5.41, 5.74) is 0.108. The second kappa shape index (κ2) is 7.12. The number of pyridine rings is 1. The summed E-state index contributed by atoms with van der Waals surface area (Å²) in [5.74, 6) is -0.0962. The van der Waals surface area contributed by atoms with E-state index in [9.17, 15) is 14.9 Å². The lowest BCUT2D eigenvalue weighted by atomic mass is 10.1. The Morgan fingerprint density at radius 2 is 1.92 bits per heavy atom. The highest BCUT2D eigenvalue weighted by atomic mass is 16.6. The van der Waals surface area contributed by atoms with E-state index in [1.807, 2.05) is 6.92 Å². The van der Waals surface area contributed by atoms with E-state index >= 15 is 0 Å². The number of aromatic nitrogens is 1. The summed E-state index contributed by atoms with van der Waals surface area (Å²) in [6.07, 6.45) is 0.0858. The van der Waals surface area contributed by atoms with Crippen molar-refractivity contribution in [3.8, 4) is 17.4 Å². The summed E-state index contributed by atoms with van der Waals surface area (Å²) < 4.78 is 15.8. The molecular weight excluding hydrogens is 316 g/mol. The van der Waals surface area contributed by atoms with Crippen molar-refractivity contribution in [2.45, 2.75) is 27.2 Å². The summed E-state index contributed by atoms with van der Waals surface area (Å²) in [7, 11) is 1.45. The van der Waals surface area contributed by atoms with Crippen molar-refractivity contribution in [3.05, 3.63) is 27.9 Å². The number of aryl methyl sites for hydroxylation is 1. The molecule has 2 aromatic rings. The van der Waals surface area contributed by atoms with Crippen molar-refractivity contribution in [1.82, 2.24) is 4.98 Å². The van der Waals surface area contributed by atoms with E-state index in [2.05, 4.69) is 4.98 Å². The van der Waals surface area contributed by atoms with Crippen molar-refractivity contribution in [1.29, 1.82) is 0 Å². The van der Waals surface area contributed by atoms with Gasteiger partial charge in [0.1, 0.15) is 0 Å². The number of hydrogen-bond acceptors (Lipinski definition) is 7. The van der Waals surface area contributed by atoms with Crippen LogP contribution in [0.2, 0.25) is 0 Å². The summed E-state index contributed by atoms with van der Waals surface area (Å²) in [6, 6.07) is 3.13. The normalized spacial score (nSPS) is 10.5. The van der Waals surface area contributed by atoms with E-state index in [1.54, 1.807) is 19.9 Å². The van der Waals surface area contributed by atoms with Gasteiger partial charge in [-0.1, -0.05) is 6.92 Å². The molecule has 0 fully saturated rings. The van der Waals surface area contributed by atoms with Crippen LogP contribution in [0.5, 0.6) is 17.4 Å². The van der Waals surface area contributed by atoms with Crippen LogP contribution < -0.4 is 14.2 Å². The monoisotopic (exact) mass is 334 g/mol. The average molecular weight is 334 g/mol. The molecule has 0 amide bonds. The first kappa shape index (κ1) is 17.5. The third-order valence-electron chi connectivity index (χ3n) is 3.40. The Morgan fingerprint density at radius 1 is 1.25 bits per heavy atom. The van der Waals surface area contributed by atoms with Crippen molar-refractivity contribution < 1.29 is 23.9 Å². The molecule has 0 atom stereocenters. The molecule has 8 heteroatoms. The van der Waals surface area contributed by atoms with Crippen LogP contribution in [0.4, 0.5) is 5.69 Å². The number of fused-ring (bicyclic) bond motifs is 1. The molecule has 0 unspecified atom stereocenters. The summed E-state index contributed by atoms with van der Waals surface area (Å²) in [4.78, 5) is 26.5. The highest BCUT2D eigenvalue weighted by molar-refractivity contribution is 5.97. The Balaban J connectivity index is 2.79. The second-order valence-electron chi connectivity index (χ2n) is 4.92. The van der Waals surface area contributed by atoms with Crippen molar-refractivity contribution in [2.24, 2.45) is 0 Å². The molecule has 1 heterocycles. The molecule has 0 aliphatic heterocycles. The molecule has 1 aromatic heterocycles. The van der Waals surface area contributed by atoms with Gasteiger partial charge in [-0.15, -0.1) is 0 Å². The summed E-state index contributed by atoms with van der Waals surface area (Å²) in [6.45, 7) is 5.52. The fourth-order valence-corrected chi connectivity index (χ4v) is 2.29. The van der Waals surface area contributed by atoms with Gasteiger partial charge in [-0.3, -0.25) is 14.9 Å². The zero-order valence-electron chi connectivity index (χ0n) is 13.9. The number of hydrogen-bond donors (Lipinski definition) is 0. The molecule has 0 saturated heterocycles. The number of carbonyl (C=O) groups is 1. The van der Waals surface area contributed by atoms with Crippen LogP contribution >= 0.6 is 0 Å². The number of ether oxygens (including phenoxy) is 3. The van der Waals surface area contributed by atoms with E-state index in [-0.39, 0.29) is 23.4 Å². The number of nitro groups is 1. The van der Waals surface area contributed by atoms with Crippen LogP contribution in [0.1, 0.15) is 26.0 Å². The highest BCUT2D eigenvalue weighted by Crippen LogP contribution is 2.41. The zero-order valence-corrected chi connectivity index (χ0v) is 13.9. The SMILES string of the molecule is CCOc1cc2c(C)nc(OC(=O)CC)c([N+](=O)[O-])c2cc1OC. The van der Waals surface area contributed by atoms with Crippen molar-refractivity contribution in [3.63, 3.8) is 0 Å². The molecule has 24 heavy (non-hydrogen) atoms. The Kier molecular flexibility index (Phi) is 5.18. The number of rotatable bonds is 6. The first-order chi connectivity index (χ1) is 11.4. The smallest absolute Gasteiger partial charge is 0.339 e. The molecule has 128 valence electrons. The fourth-order valence-electron chi connectivity index (χ4n) is 2.29. The number of nitrogens with zero attached hydrogens (tertiary/aromatic N) is 2. The van der Waals surface area contributed by atoms with Gasteiger partial charge in [0.25, 0.3) is 0 Å². The quantitative estimate of drug-likeness (QED) is 0.454. The van der Waals surface area contributed by atoms with E-state index in [0.29, 0.717) is 29.2 Å². The number of methoxy groups -OCH3 is 1. The Morgan fingerprint density at radius 3 is 2.46 bits per heavy atom. The molecule has 0 aliphatic rings. The lowest BCUT2D eigenvalue weighted by Crippen LogP contribution is -2.10. The van der Waals surface area contributed by atoms with Gasteiger partial charge in [0.2, 0.25) is 0 Å². The molecule has 0 N–H and O–H groups in total. The lowest BCUT2D eigenvalue weighted by molar-refractivity contribution is -0.384. The zero-order chi connectivity index (χ0) is 17.9. The molecule has 0 aliphatic carbocycles. The van der Waals surface area contributed by atoms with Gasteiger partial charge < -0.3 is 14.2 Å². The average Bonchev–Trinajstić information content (AvgIpc) is 2.54. The molecule has 2 rings (SSSR count). The maximum absolute atomic E-state index is 11.5. The van der Waals surface area contributed by atoms with Crippen LogP contribution in [0.15, 0.2) is 12.1 Å². The van der Waals surface area contributed by atoms with Gasteiger partial charge >= 0.3 is 17.5 Å². The Labute approximate surface area is 138 Å². The third-order valence-corrected chi connectivity index (χ3v) is 3.40. The molecular formula is C16H18N2O6. The second-order valence-corrected chi connectivity index (χ2v) is 4.92. The topological polar surface area (TPSA) is 101 Å². The van der Waals surface area contributed by atoms with Crippen molar-refractivity contribution >= 4 is 22.4 Å². The van der Waals surface area contributed by atoms with E-state index < -0.39 is 10.9 Å². The molecule has 0 saturated carbocycles. The summed E-state index contributed by atoms with van der Waals surface area (Å²) >= 11 is 0.